The molecule has 6 nitrogen and oxygen atoms in total. The van der Waals surface area contributed by atoms with E-state index < -0.39 is 10.0 Å². The zero-order valence-electron chi connectivity index (χ0n) is 16.6. The number of carbonyl (C=O) groups excluding carboxylic acids is 1. The van der Waals surface area contributed by atoms with Gasteiger partial charge in [-0.2, -0.15) is 0 Å². The summed E-state index contributed by atoms with van der Waals surface area (Å²) in [6.45, 7) is 6.05. The molecule has 1 amide bonds. The Hall–Kier alpha value is -2.54. The van der Waals surface area contributed by atoms with Gasteiger partial charge in [0.25, 0.3) is 10.0 Å². The molecule has 0 aliphatic heterocycles. The molecule has 28 heavy (non-hydrogen) atoms. The first kappa shape index (κ1) is 21.8. The minimum atomic E-state index is -3.89. The SMILES string of the molecule is CCCC(C)NC(=O)CN(c1ccc(OCC)cc1)S(=O)(=O)c1ccccc1. The summed E-state index contributed by atoms with van der Waals surface area (Å²) in [5.41, 5.74) is 0.408. The molecule has 0 aromatic heterocycles. The summed E-state index contributed by atoms with van der Waals surface area (Å²) in [6.07, 6.45) is 1.77. The summed E-state index contributed by atoms with van der Waals surface area (Å²) >= 11 is 0. The molecule has 0 aliphatic carbocycles. The molecule has 7 heteroatoms. The number of anilines is 1. The van der Waals surface area contributed by atoms with E-state index in [0.29, 0.717) is 18.0 Å². The van der Waals surface area contributed by atoms with E-state index in [0.717, 1.165) is 17.1 Å². The molecule has 0 bridgehead atoms. The molecule has 0 fully saturated rings. The van der Waals surface area contributed by atoms with Gasteiger partial charge in [0.2, 0.25) is 5.91 Å². The second kappa shape index (κ2) is 10.1. The van der Waals surface area contributed by atoms with Crippen molar-refractivity contribution in [3.8, 4) is 5.75 Å². The Labute approximate surface area is 167 Å². The Morgan fingerprint density at radius 2 is 1.71 bits per heavy atom. The van der Waals surface area contributed by atoms with Gasteiger partial charge in [-0.15, -0.1) is 0 Å². The fraction of sp³-hybridized carbons (Fsp3) is 0.381. The molecule has 2 rings (SSSR count). The topological polar surface area (TPSA) is 75.7 Å². The van der Waals surface area contributed by atoms with Crippen molar-refractivity contribution in [2.24, 2.45) is 0 Å². The molecule has 0 radical (unpaired) electrons. The van der Waals surface area contributed by atoms with Crippen LogP contribution in [0.3, 0.4) is 0 Å². The molecule has 2 aromatic carbocycles. The van der Waals surface area contributed by atoms with Gasteiger partial charge in [-0.25, -0.2) is 8.42 Å². The lowest BCUT2D eigenvalue weighted by atomic mass is 10.2. The fourth-order valence-corrected chi connectivity index (χ4v) is 4.31. The van der Waals surface area contributed by atoms with Crippen molar-refractivity contribution in [1.29, 1.82) is 0 Å². The van der Waals surface area contributed by atoms with E-state index in [-0.39, 0.29) is 23.4 Å². The van der Waals surface area contributed by atoms with Gasteiger partial charge in [0.15, 0.2) is 0 Å². The van der Waals surface area contributed by atoms with Crippen LogP contribution in [0.4, 0.5) is 5.69 Å². The molecule has 0 heterocycles. The second-order valence-corrected chi connectivity index (χ2v) is 8.37. The number of amides is 1. The molecule has 0 spiro atoms. The van der Waals surface area contributed by atoms with E-state index in [9.17, 15) is 13.2 Å². The highest BCUT2D eigenvalue weighted by Gasteiger charge is 2.27. The van der Waals surface area contributed by atoms with Crippen LogP contribution in [0.25, 0.3) is 0 Å². The molecule has 0 aliphatic rings. The minimum Gasteiger partial charge on any atom is -0.494 e. The van der Waals surface area contributed by atoms with Gasteiger partial charge in [0, 0.05) is 6.04 Å². The Balaban J connectivity index is 2.34. The van der Waals surface area contributed by atoms with Gasteiger partial charge >= 0.3 is 0 Å². The van der Waals surface area contributed by atoms with Crippen LogP contribution in [0.15, 0.2) is 59.5 Å². The van der Waals surface area contributed by atoms with Crippen molar-refractivity contribution in [3.63, 3.8) is 0 Å². The Morgan fingerprint density at radius 3 is 2.29 bits per heavy atom. The first-order valence-electron chi connectivity index (χ1n) is 9.48. The second-order valence-electron chi connectivity index (χ2n) is 6.51. The maximum atomic E-state index is 13.2. The van der Waals surface area contributed by atoms with Crippen LogP contribution >= 0.6 is 0 Å². The number of benzene rings is 2. The van der Waals surface area contributed by atoms with Crippen LogP contribution in [-0.2, 0) is 14.8 Å². The van der Waals surface area contributed by atoms with E-state index in [1.54, 1.807) is 42.5 Å². The molecular formula is C21H28N2O4S. The molecule has 1 atom stereocenters. The molecule has 0 saturated heterocycles. The van der Waals surface area contributed by atoms with Crippen molar-refractivity contribution < 1.29 is 17.9 Å². The third-order valence-corrected chi connectivity index (χ3v) is 5.97. The van der Waals surface area contributed by atoms with Gasteiger partial charge < -0.3 is 10.1 Å². The van der Waals surface area contributed by atoms with E-state index in [2.05, 4.69) is 5.32 Å². The van der Waals surface area contributed by atoms with Gasteiger partial charge in [-0.3, -0.25) is 9.10 Å². The lowest BCUT2D eigenvalue weighted by molar-refractivity contribution is -0.120. The van der Waals surface area contributed by atoms with Crippen molar-refractivity contribution >= 4 is 21.6 Å². The first-order chi connectivity index (χ1) is 13.4. The molecule has 2 aromatic rings. The van der Waals surface area contributed by atoms with Crippen LogP contribution in [0.5, 0.6) is 5.75 Å². The molecule has 1 N–H and O–H groups in total. The molecule has 152 valence electrons. The maximum Gasteiger partial charge on any atom is 0.264 e. The zero-order valence-corrected chi connectivity index (χ0v) is 17.4. The highest BCUT2D eigenvalue weighted by atomic mass is 32.2. The average Bonchev–Trinajstić information content (AvgIpc) is 2.68. The van der Waals surface area contributed by atoms with Crippen molar-refractivity contribution in [2.75, 3.05) is 17.5 Å². The Kier molecular flexibility index (Phi) is 7.87. The highest BCUT2D eigenvalue weighted by molar-refractivity contribution is 7.92. The predicted octanol–water partition coefficient (Wildman–Crippen LogP) is 3.59. The Morgan fingerprint density at radius 1 is 1.07 bits per heavy atom. The van der Waals surface area contributed by atoms with Crippen LogP contribution in [0, 0.1) is 0 Å². The summed E-state index contributed by atoms with van der Waals surface area (Å²) in [7, 11) is -3.89. The smallest absolute Gasteiger partial charge is 0.264 e. The zero-order chi connectivity index (χ0) is 20.6. The van der Waals surface area contributed by atoms with Gasteiger partial charge in [0.05, 0.1) is 17.2 Å². The molecule has 0 saturated carbocycles. The van der Waals surface area contributed by atoms with Gasteiger partial charge in [0.1, 0.15) is 12.3 Å². The number of carbonyl (C=O) groups is 1. The monoisotopic (exact) mass is 404 g/mol. The number of hydrogen-bond donors (Lipinski definition) is 1. The number of nitrogens with one attached hydrogen (secondary N) is 1. The van der Waals surface area contributed by atoms with Crippen molar-refractivity contribution in [1.82, 2.24) is 5.32 Å². The van der Waals surface area contributed by atoms with E-state index >= 15 is 0 Å². The number of ether oxygens (including phenoxy) is 1. The quantitative estimate of drug-likeness (QED) is 0.657. The maximum absolute atomic E-state index is 13.2. The van der Waals surface area contributed by atoms with Crippen LogP contribution < -0.4 is 14.4 Å². The van der Waals surface area contributed by atoms with Crippen LogP contribution in [-0.4, -0.2) is 33.5 Å². The summed E-state index contributed by atoms with van der Waals surface area (Å²) in [6, 6.07) is 14.8. The Bertz CT molecular complexity index is 852. The summed E-state index contributed by atoms with van der Waals surface area (Å²) < 4.78 is 33.0. The molecular weight excluding hydrogens is 376 g/mol. The predicted molar refractivity (Wildman–Crippen MR) is 111 cm³/mol. The van der Waals surface area contributed by atoms with E-state index in [1.807, 2.05) is 20.8 Å². The third-order valence-electron chi connectivity index (χ3n) is 4.18. The van der Waals surface area contributed by atoms with Crippen molar-refractivity contribution in [3.05, 3.63) is 54.6 Å². The normalized spacial score (nSPS) is 12.2. The minimum absolute atomic E-state index is 0.0147. The number of nitrogens with zero attached hydrogens (tertiary/aromatic N) is 1. The van der Waals surface area contributed by atoms with Crippen LogP contribution in [0.2, 0.25) is 0 Å². The van der Waals surface area contributed by atoms with Gasteiger partial charge in [-0.05, 0) is 56.7 Å². The highest BCUT2D eigenvalue weighted by Crippen LogP contribution is 2.25. The number of hydrogen-bond acceptors (Lipinski definition) is 4. The third kappa shape index (κ3) is 5.73. The van der Waals surface area contributed by atoms with Crippen LogP contribution in [0.1, 0.15) is 33.6 Å². The fourth-order valence-electron chi connectivity index (χ4n) is 2.87. The first-order valence-corrected chi connectivity index (χ1v) is 10.9. The van der Waals surface area contributed by atoms with Gasteiger partial charge in [-0.1, -0.05) is 31.5 Å². The summed E-state index contributed by atoms with van der Waals surface area (Å²) in [5.74, 6) is 0.304. The number of sulfonamides is 1. The summed E-state index contributed by atoms with van der Waals surface area (Å²) in [4.78, 5) is 12.7. The molecule has 1 unspecified atom stereocenters. The average molecular weight is 405 g/mol. The number of rotatable bonds is 10. The lowest BCUT2D eigenvalue weighted by Gasteiger charge is -2.25. The summed E-state index contributed by atoms with van der Waals surface area (Å²) in [5, 5.41) is 2.87. The van der Waals surface area contributed by atoms with Crippen molar-refractivity contribution in [2.45, 2.75) is 44.6 Å². The standard InChI is InChI=1S/C21H28N2O4S/c1-4-9-17(3)22-21(24)16-23(18-12-14-19(15-13-18)27-5-2)28(25,26)20-10-7-6-8-11-20/h6-8,10-15,17H,4-5,9,16H2,1-3H3,(H,22,24). The largest absolute Gasteiger partial charge is 0.494 e. The van der Waals surface area contributed by atoms with E-state index in [1.165, 1.54) is 12.1 Å². The lowest BCUT2D eigenvalue weighted by Crippen LogP contribution is -2.43. The van der Waals surface area contributed by atoms with E-state index in [4.69, 9.17) is 4.74 Å².